The first-order valence-corrected chi connectivity index (χ1v) is 9.25. The van der Waals surface area contributed by atoms with Gasteiger partial charge in [0.25, 0.3) is 5.91 Å². The van der Waals surface area contributed by atoms with E-state index in [1.807, 2.05) is 50.4 Å². The number of carbonyl (C=O) groups excluding carboxylic acids is 2. The molecule has 0 saturated heterocycles. The Kier molecular flexibility index (Phi) is 5.37. The molecule has 0 aliphatic carbocycles. The summed E-state index contributed by atoms with van der Waals surface area (Å²) in [5.74, 6) is -0.540. The van der Waals surface area contributed by atoms with Gasteiger partial charge in [0.15, 0.2) is 0 Å². The molecular formula is C19H21N3O3S. The molecule has 3 aromatic rings. The van der Waals surface area contributed by atoms with Crippen LogP contribution in [0.3, 0.4) is 0 Å². The van der Waals surface area contributed by atoms with Gasteiger partial charge < -0.3 is 10.1 Å². The molecule has 2 heterocycles. The fraction of sp³-hybridized carbons (Fsp3) is 0.316. The number of benzene rings is 1. The maximum atomic E-state index is 12.8. The predicted molar refractivity (Wildman–Crippen MR) is 101 cm³/mol. The topological polar surface area (TPSA) is 73.2 Å². The Morgan fingerprint density at radius 3 is 2.69 bits per heavy atom. The Hall–Kier alpha value is -2.67. The van der Waals surface area contributed by atoms with E-state index in [0.717, 1.165) is 21.5 Å². The Morgan fingerprint density at radius 1 is 1.31 bits per heavy atom. The van der Waals surface area contributed by atoms with E-state index in [0.29, 0.717) is 11.5 Å². The number of amides is 1. The summed E-state index contributed by atoms with van der Waals surface area (Å²) in [6.45, 7) is 4.00. The molecule has 3 rings (SSSR count). The van der Waals surface area contributed by atoms with Crippen molar-refractivity contribution in [2.24, 2.45) is 7.05 Å². The van der Waals surface area contributed by atoms with Crippen LogP contribution in [0.1, 0.15) is 40.3 Å². The molecule has 1 N–H and O–H groups in total. The zero-order valence-electron chi connectivity index (χ0n) is 15.0. The first kappa shape index (κ1) is 18.1. The molecule has 2 aromatic heterocycles. The summed E-state index contributed by atoms with van der Waals surface area (Å²) in [6.07, 6.45) is 0.0923. The highest BCUT2D eigenvalue weighted by atomic mass is 32.1. The number of rotatable bonds is 6. The molecule has 26 heavy (non-hydrogen) atoms. The van der Waals surface area contributed by atoms with E-state index in [4.69, 9.17) is 4.74 Å². The minimum atomic E-state index is -0.438. The van der Waals surface area contributed by atoms with Crippen LogP contribution in [0.2, 0.25) is 0 Å². The van der Waals surface area contributed by atoms with Gasteiger partial charge in [-0.25, -0.2) is 0 Å². The van der Waals surface area contributed by atoms with Crippen molar-refractivity contribution in [3.63, 3.8) is 0 Å². The normalized spacial score (nSPS) is 12.1. The summed E-state index contributed by atoms with van der Waals surface area (Å²) in [4.78, 5) is 26.3. The van der Waals surface area contributed by atoms with Crippen molar-refractivity contribution in [2.45, 2.75) is 26.3 Å². The van der Waals surface area contributed by atoms with Crippen LogP contribution in [0, 0.1) is 6.92 Å². The van der Waals surface area contributed by atoms with E-state index in [1.165, 1.54) is 11.3 Å². The first-order valence-electron chi connectivity index (χ1n) is 8.44. The zero-order chi connectivity index (χ0) is 18.7. The SMILES string of the molecule is CCOC(=O)C[C@@H](NC(=O)c1cc2c(C)nn(C)c2s1)c1ccccc1. The predicted octanol–water partition coefficient (Wildman–Crippen LogP) is 3.37. The highest BCUT2D eigenvalue weighted by Crippen LogP contribution is 2.28. The number of fused-ring (bicyclic) bond motifs is 1. The van der Waals surface area contributed by atoms with E-state index < -0.39 is 6.04 Å². The van der Waals surface area contributed by atoms with Crippen LogP contribution in [0.4, 0.5) is 0 Å². The highest BCUT2D eigenvalue weighted by Gasteiger charge is 2.22. The Morgan fingerprint density at radius 2 is 2.04 bits per heavy atom. The standard InChI is InChI=1S/C19H21N3O3S/c1-4-25-17(23)11-15(13-8-6-5-7-9-13)20-18(24)16-10-14-12(2)21-22(3)19(14)26-16/h5-10,15H,4,11H2,1-3H3,(H,20,24)/t15-/m1/s1. The maximum Gasteiger partial charge on any atom is 0.308 e. The summed E-state index contributed by atoms with van der Waals surface area (Å²) in [7, 11) is 1.86. The van der Waals surface area contributed by atoms with Gasteiger partial charge in [0.1, 0.15) is 4.83 Å². The maximum absolute atomic E-state index is 12.8. The average Bonchev–Trinajstić information content (AvgIpc) is 3.17. The number of hydrogen-bond acceptors (Lipinski definition) is 5. The molecule has 7 heteroatoms. The van der Waals surface area contributed by atoms with Crippen LogP contribution < -0.4 is 5.32 Å². The Bertz CT molecular complexity index is 896. The van der Waals surface area contributed by atoms with Crippen molar-refractivity contribution in [3.05, 3.63) is 52.5 Å². The number of hydrogen-bond donors (Lipinski definition) is 1. The first-order chi connectivity index (χ1) is 12.5. The van der Waals surface area contributed by atoms with Gasteiger partial charge in [0.2, 0.25) is 0 Å². The second-order valence-corrected chi connectivity index (χ2v) is 7.02. The van der Waals surface area contributed by atoms with Crippen molar-refractivity contribution in [1.29, 1.82) is 0 Å². The van der Waals surface area contributed by atoms with Crippen molar-refractivity contribution in [1.82, 2.24) is 15.1 Å². The van der Waals surface area contributed by atoms with E-state index in [9.17, 15) is 9.59 Å². The third kappa shape index (κ3) is 3.77. The Balaban J connectivity index is 1.83. The second-order valence-electron chi connectivity index (χ2n) is 5.98. The van der Waals surface area contributed by atoms with Gasteiger partial charge in [0, 0.05) is 12.4 Å². The fourth-order valence-electron chi connectivity index (χ4n) is 2.87. The number of nitrogens with zero attached hydrogens (tertiary/aromatic N) is 2. The van der Waals surface area contributed by atoms with Gasteiger partial charge in [-0.3, -0.25) is 14.3 Å². The lowest BCUT2D eigenvalue weighted by molar-refractivity contribution is -0.143. The molecule has 0 fully saturated rings. The van der Waals surface area contributed by atoms with E-state index >= 15 is 0 Å². The van der Waals surface area contributed by atoms with Crippen LogP contribution in [-0.2, 0) is 16.6 Å². The number of esters is 1. The molecular weight excluding hydrogens is 350 g/mol. The van der Waals surface area contributed by atoms with Crippen LogP contribution in [0.5, 0.6) is 0 Å². The van der Waals surface area contributed by atoms with Crippen LogP contribution in [0.25, 0.3) is 10.2 Å². The second kappa shape index (κ2) is 7.70. The van der Waals surface area contributed by atoms with E-state index in [2.05, 4.69) is 10.4 Å². The number of nitrogens with one attached hydrogen (secondary N) is 1. The van der Waals surface area contributed by atoms with E-state index in [-0.39, 0.29) is 18.3 Å². The summed E-state index contributed by atoms with van der Waals surface area (Å²) in [5, 5.41) is 8.30. The molecule has 0 bridgehead atoms. The summed E-state index contributed by atoms with van der Waals surface area (Å²) in [6, 6.07) is 10.9. The van der Waals surface area contributed by atoms with Gasteiger partial charge in [-0.2, -0.15) is 5.10 Å². The minimum absolute atomic E-state index is 0.0923. The highest BCUT2D eigenvalue weighted by molar-refractivity contribution is 7.20. The summed E-state index contributed by atoms with van der Waals surface area (Å²) >= 11 is 1.39. The molecule has 0 aliphatic rings. The average molecular weight is 371 g/mol. The molecule has 0 unspecified atom stereocenters. The minimum Gasteiger partial charge on any atom is -0.466 e. The third-order valence-electron chi connectivity index (χ3n) is 4.10. The van der Waals surface area contributed by atoms with Crippen molar-refractivity contribution in [2.75, 3.05) is 6.61 Å². The zero-order valence-corrected chi connectivity index (χ0v) is 15.8. The van der Waals surface area contributed by atoms with Gasteiger partial charge in [-0.05, 0) is 25.5 Å². The molecule has 1 atom stereocenters. The smallest absolute Gasteiger partial charge is 0.308 e. The van der Waals surface area contributed by atoms with Crippen LogP contribution in [0.15, 0.2) is 36.4 Å². The van der Waals surface area contributed by atoms with Crippen molar-refractivity contribution < 1.29 is 14.3 Å². The number of ether oxygens (including phenoxy) is 1. The van der Waals surface area contributed by atoms with E-state index in [1.54, 1.807) is 11.6 Å². The lowest BCUT2D eigenvalue weighted by Gasteiger charge is -2.18. The van der Waals surface area contributed by atoms with Gasteiger partial charge >= 0.3 is 5.97 Å². The molecule has 0 aliphatic heterocycles. The molecule has 1 amide bonds. The molecule has 0 saturated carbocycles. The molecule has 1 aromatic carbocycles. The summed E-state index contributed by atoms with van der Waals surface area (Å²) in [5.41, 5.74) is 1.76. The lowest BCUT2D eigenvalue weighted by atomic mass is 10.0. The van der Waals surface area contributed by atoms with Crippen LogP contribution in [-0.4, -0.2) is 28.3 Å². The van der Waals surface area contributed by atoms with Gasteiger partial charge in [-0.15, -0.1) is 11.3 Å². The number of carbonyl (C=O) groups is 2. The van der Waals surface area contributed by atoms with Crippen LogP contribution >= 0.6 is 11.3 Å². The molecule has 6 nitrogen and oxygen atoms in total. The van der Waals surface area contributed by atoms with Crippen molar-refractivity contribution >= 4 is 33.4 Å². The number of aryl methyl sites for hydroxylation is 2. The number of aromatic nitrogens is 2. The monoisotopic (exact) mass is 371 g/mol. The molecule has 0 radical (unpaired) electrons. The summed E-state index contributed by atoms with van der Waals surface area (Å²) < 4.78 is 6.83. The molecule has 136 valence electrons. The number of thiophene rings is 1. The quantitative estimate of drug-likeness (QED) is 0.674. The third-order valence-corrected chi connectivity index (χ3v) is 5.30. The molecule has 0 spiro atoms. The van der Waals surface area contributed by atoms with Gasteiger partial charge in [0.05, 0.1) is 29.6 Å². The fourth-order valence-corrected chi connectivity index (χ4v) is 3.90. The largest absolute Gasteiger partial charge is 0.466 e. The lowest BCUT2D eigenvalue weighted by Crippen LogP contribution is -2.30. The van der Waals surface area contributed by atoms with Crippen molar-refractivity contribution in [3.8, 4) is 0 Å². The van der Waals surface area contributed by atoms with Gasteiger partial charge in [-0.1, -0.05) is 30.3 Å². The Labute approximate surface area is 155 Å².